The number of hydrogen-bond donors (Lipinski definition) is 1. The molecule has 104 valence electrons. The van der Waals surface area contributed by atoms with Crippen LogP contribution in [0.3, 0.4) is 0 Å². The van der Waals surface area contributed by atoms with Crippen LogP contribution in [-0.4, -0.2) is 6.04 Å². The average molecular weight is 286 g/mol. The van der Waals surface area contributed by atoms with Gasteiger partial charge in [-0.2, -0.15) is 0 Å². The zero-order valence-electron chi connectivity index (χ0n) is 10.8. The Morgan fingerprint density at radius 3 is 2.42 bits per heavy atom. The van der Waals surface area contributed by atoms with E-state index in [1.807, 2.05) is 0 Å². The highest BCUT2D eigenvalue weighted by atomic mass is 35.5. The summed E-state index contributed by atoms with van der Waals surface area (Å²) >= 11 is 5.94. The lowest BCUT2D eigenvalue weighted by Crippen LogP contribution is -2.50. The van der Waals surface area contributed by atoms with Gasteiger partial charge in [0.1, 0.15) is 5.82 Å². The maximum atomic E-state index is 13.8. The topological polar surface area (TPSA) is 12.0 Å². The molecule has 0 aliphatic heterocycles. The number of anilines is 1. The Balaban J connectivity index is 1.79. The summed E-state index contributed by atoms with van der Waals surface area (Å²) in [6, 6.07) is 2.34. The Morgan fingerprint density at radius 1 is 1.11 bits per heavy atom. The molecule has 1 unspecified atom stereocenters. The summed E-state index contributed by atoms with van der Waals surface area (Å²) in [4.78, 5) is 0. The lowest BCUT2D eigenvalue weighted by Gasteiger charge is -2.52. The number of benzene rings is 1. The minimum Gasteiger partial charge on any atom is -0.378 e. The third-order valence-corrected chi connectivity index (χ3v) is 5.14. The number of nitrogens with one attached hydrogen (secondary N) is 1. The van der Waals surface area contributed by atoms with Crippen molar-refractivity contribution in [2.75, 3.05) is 5.32 Å². The van der Waals surface area contributed by atoms with Gasteiger partial charge in [0.05, 0.1) is 10.7 Å². The van der Waals surface area contributed by atoms with Gasteiger partial charge < -0.3 is 5.32 Å². The molecule has 0 aromatic heterocycles. The van der Waals surface area contributed by atoms with E-state index in [-0.39, 0.29) is 16.8 Å². The minimum absolute atomic E-state index is 0.135. The van der Waals surface area contributed by atoms with E-state index < -0.39 is 11.6 Å². The molecule has 0 radical (unpaired) electrons. The van der Waals surface area contributed by atoms with E-state index in [2.05, 4.69) is 5.32 Å². The third kappa shape index (κ3) is 2.33. The normalized spacial score (nSPS) is 25.1. The molecular formula is C15H18ClF2N. The fourth-order valence-corrected chi connectivity index (χ4v) is 3.88. The molecule has 0 bridgehead atoms. The van der Waals surface area contributed by atoms with Crippen LogP contribution in [0.2, 0.25) is 5.02 Å². The first-order valence-corrected chi connectivity index (χ1v) is 7.40. The minimum atomic E-state index is -0.631. The first-order valence-electron chi connectivity index (χ1n) is 7.02. The maximum Gasteiger partial charge on any atom is 0.150 e. The number of halogens is 3. The molecule has 1 N–H and O–H groups in total. The second-order valence-electron chi connectivity index (χ2n) is 5.90. The monoisotopic (exact) mass is 285 g/mol. The van der Waals surface area contributed by atoms with Crippen LogP contribution in [0.5, 0.6) is 0 Å². The van der Waals surface area contributed by atoms with E-state index >= 15 is 0 Å². The molecule has 0 amide bonds. The molecule has 1 aromatic carbocycles. The highest BCUT2D eigenvalue weighted by molar-refractivity contribution is 6.33. The molecule has 2 aliphatic carbocycles. The van der Waals surface area contributed by atoms with Crippen molar-refractivity contribution in [3.63, 3.8) is 0 Å². The Hall–Kier alpha value is -0.830. The van der Waals surface area contributed by atoms with E-state index in [4.69, 9.17) is 11.6 Å². The van der Waals surface area contributed by atoms with Crippen LogP contribution in [0.1, 0.15) is 44.9 Å². The van der Waals surface area contributed by atoms with Crippen LogP contribution >= 0.6 is 11.6 Å². The summed E-state index contributed by atoms with van der Waals surface area (Å²) in [7, 11) is 0. The highest BCUT2D eigenvalue weighted by Gasteiger charge is 2.47. The standard InChI is InChI=1S/C15H18ClF2N/c16-11-8-10(17)9-12(18)14(11)19-13-4-7-15(13)5-2-1-3-6-15/h8-9,13,19H,1-7H2. The van der Waals surface area contributed by atoms with E-state index in [1.165, 1.54) is 44.6 Å². The van der Waals surface area contributed by atoms with Gasteiger partial charge in [0.25, 0.3) is 0 Å². The fraction of sp³-hybridized carbons (Fsp3) is 0.600. The lowest BCUT2D eigenvalue weighted by molar-refractivity contribution is 0.0569. The molecule has 0 saturated heterocycles. The van der Waals surface area contributed by atoms with Gasteiger partial charge in [0.15, 0.2) is 5.82 Å². The SMILES string of the molecule is Fc1cc(F)c(NC2CCC23CCCCC3)c(Cl)c1. The van der Waals surface area contributed by atoms with Crippen LogP contribution in [0, 0.1) is 17.0 Å². The van der Waals surface area contributed by atoms with Crippen molar-refractivity contribution in [1.82, 2.24) is 0 Å². The van der Waals surface area contributed by atoms with Gasteiger partial charge in [-0.15, -0.1) is 0 Å². The highest BCUT2D eigenvalue weighted by Crippen LogP contribution is 2.53. The van der Waals surface area contributed by atoms with Crippen molar-refractivity contribution < 1.29 is 8.78 Å². The van der Waals surface area contributed by atoms with Gasteiger partial charge in [-0.05, 0) is 37.2 Å². The average Bonchev–Trinajstić information content (AvgIpc) is 2.37. The van der Waals surface area contributed by atoms with Gasteiger partial charge in [0.2, 0.25) is 0 Å². The van der Waals surface area contributed by atoms with Gasteiger partial charge in [-0.1, -0.05) is 30.9 Å². The molecule has 3 rings (SSSR count). The molecule has 0 heterocycles. The Kier molecular flexibility index (Phi) is 3.42. The predicted octanol–water partition coefficient (Wildman–Crippen LogP) is 5.14. The molecule has 4 heteroatoms. The third-order valence-electron chi connectivity index (χ3n) is 4.84. The summed E-state index contributed by atoms with van der Waals surface area (Å²) in [5, 5.41) is 3.36. The first-order chi connectivity index (χ1) is 9.11. The fourth-order valence-electron chi connectivity index (χ4n) is 3.63. The second kappa shape index (κ2) is 4.93. The van der Waals surface area contributed by atoms with Crippen molar-refractivity contribution in [3.05, 3.63) is 28.8 Å². The predicted molar refractivity (Wildman–Crippen MR) is 73.5 cm³/mol. The zero-order chi connectivity index (χ0) is 13.5. The van der Waals surface area contributed by atoms with Crippen LogP contribution in [0.15, 0.2) is 12.1 Å². The molecule has 2 aliphatic rings. The molecule has 1 aromatic rings. The van der Waals surface area contributed by atoms with Crippen LogP contribution in [-0.2, 0) is 0 Å². The summed E-state index contributed by atoms with van der Waals surface area (Å²) in [5.74, 6) is -1.23. The molecule has 1 spiro atoms. The molecule has 2 saturated carbocycles. The second-order valence-corrected chi connectivity index (χ2v) is 6.31. The summed E-state index contributed by atoms with van der Waals surface area (Å²) in [6.07, 6.45) is 8.52. The zero-order valence-corrected chi connectivity index (χ0v) is 11.6. The van der Waals surface area contributed by atoms with Crippen LogP contribution in [0.25, 0.3) is 0 Å². The number of rotatable bonds is 2. The smallest absolute Gasteiger partial charge is 0.150 e. The Morgan fingerprint density at radius 2 is 1.84 bits per heavy atom. The van der Waals surface area contributed by atoms with Gasteiger partial charge in [-0.25, -0.2) is 8.78 Å². The van der Waals surface area contributed by atoms with Crippen molar-refractivity contribution >= 4 is 17.3 Å². The van der Waals surface area contributed by atoms with E-state index in [1.54, 1.807) is 0 Å². The van der Waals surface area contributed by atoms with Crippen LogP contribution < -0.4 is 5.32 Å². The van der Waals surface area contributed by atoms with Crippen molar-refractivity contribution in [2.24, 2.45) is 5.41 Å². The van der Waals surface area contributed by atoms with Crippen LogP contribution in [0.4, 0.5) is 14.5 Å². The maximum absolute atomic E-state index is 13.8. The largest absolute Gasteiger partial charge is 0.378 e. The van der Waals surface area contributed by atoms with Crippen molar-refractivity contribution in [1.29, 1.82) is 0 Å². The molecule has 2 fully saturated rings. The van der Waals surface area contributed by atoms with Gasteiger partial charge >= 0.3 is 0 Å². The van der Waals surface area contributed by atoms with Gasteiger partial charge in [0, 0.05) is 12.1 Å². The Bertz CT molecular complexity index is 460. The van der Waals surface area contributed by atoms with Gasteiger partial charge in [-0.3, -0.25) is 0 Å². The van der Waals surface area contributed by atoms with E-state index in [0.717, 1.165) is 12.5 Å². The molecular weight excluding hydrogens is 268 g/mol. The lowest BCUT2D eigenvalue weighted by atomic mass is 9.57. The van der Waals surface area contributed by atoms with E-state index in [0.29, 0.717) is 5.41 Å². The summed E-state index contributed by atoms with van der Waals surface area (Å²) < 4.78 is 26.8. The summed E-state index contributed by atoms with van der Waals surface area (Å²) in [6.45, 7) is 0. The van der Waals surface area contributed by atoms with Crippen molar-refractivity contribution in [2.45, 2.75) is 51.0 Å². The quantitative estimate of drug-likeness (QED) is 0.793. The Labute approximate surface area is 117 Å². The summed E-state index contributed by atoms with van der Waals surface area (Å²) in [5.41, 5.74) is 0.584. The van der Waals surface area contributed by atoms with E-state index in [9.17, 15) is 8.78 Å². The number of hydrogen-bond acceptors (Lipinski definition) is 1. The van der Waals surface area contributed by atoms with Crippen molar-refractivity contribution in [3.8, 4) is 0 Å². The first kappa shape index (κ1) is 13.2. The molecule has 1 nitrogen and oxygen atoms in total. The molecule has 1 atom stereocenters. The molecule has 19 heavy (non-hydrogen) atoms.